The van der Waals surface area contributed by atoms with Crippen LogP contribution >= 0.6 is 7.82 Å². The van der Waals surface area contributed by atoms with E-state index in [4.69, 9.17) is 104 Å². The van der Waals surface area contributed by atoms with Crippen LogP contribution in [0.25, 0.3) is 0 Å². The highest BCUT2D eigenvalue weighted by atomic mass is 31.2. The fourth-order valence-corrected chi connectivity index (χ4v) is 17.3. The van der Waals surface area contributed by atoms with Crippen LogP contribution in [0.4, 0.5) is 0 Å². The van der Waals surface area contributed by atoms with Crippen molar-refractivity contribution >= 4 is 19.6 Å². The molecule has 11 saturated heterocycles. The van der Waals surface area contributed by atoms with E-state index in [1.54, 1.807) is 0 Å². The second kappa shape index (κ2) is 47.2. The van der Waals surface area contributed by atoms with Gasteiger partial charge in [0.1, 0.15) is 268 Å². The van der Waals surface area contributed by atoms with Gasteiger partial charge in [0.15, 0.2) is 69.2 Å². The van der Waals surface area contributed by atoms with E-state index in [1.807, 2.05) is 0 Å². The van der Waals surface area contributed by atoms with Gasteiger partial charge in [-0.15, -0.1) is 0 Å². The van der Waals surface area contributed by atoms with Crippen LogP contribution in [0, 0.1) is 0 Å². The number of hydrogen-bond donors (Lipinski definition) is 36. The first-order valence-electron chi connectivity index (χ1n) is 41.4. The molecule has 2 amide bonds. The Morgan fingerprint density at radius 2 is 0.492 bits per heavy atom. The summed E-state index contributed by atoms with van der Waals surface area (Å²) in [5, 5.41) is 371. The first-order chi connectivity index (χ1) is 62.3. The van der Waals surface area contributed by atoms with Crippen LogP contribution < -0.4 is 10.6 Å². The van der Waals surface area contributed by atoms with E-state index in [0.29, 0.717) is 0 Å². The van der Waals surface area contributed by atoms with Gasteiger partial charge in [-0.05, 0) is 0 Å². The van der Waals surface area contributed by atoms with Gasteiger partial charge in [-0.25, -0.2) is 4.57 Å². The Morgan fingerprint density at radius 3 is 0.902 bits per heavy atom. The lowest BCUT2D eigenvalue weighted by Crippen LogP contribution is -2.70. The highest BCUT2D eigenvalue weighted by Gasteiger charge is 2.62. The average Bonchev–Trinajstić information content (AvgIpc) is 0.761. The molecule has 0 aromatic rings. The minimum absolute atomic E-state index is 0.831. The molecule has 0 saturated carbocycles. The molecule has 0 aromatic heterocycles. The van der Waals surface area contributed by atoms with Crippen molar-refractivity contribution in [2.45, 2.75) is 351 Å². The number of carbonyl (C=O) groups excluding carboxylic acids is 2. The topological polar surface area (TPSA) is 966 Å². The molecule has 11 fully saturated rings. The number of aliphatic hydroxyl groups is 33. The zero-order valence-corrected chi connectivity index (χ0v) is 70.3. The third kappa shape index (κ3) is 23.9. The highest BCUT2D eigenvalue weighted by Crippen LogP contribution is 2.48. The molecule has 0 bridgehead atoms. The zero-order valence-electron chi connectivity index (χ0n) is 69.4. The minimum Gasteiger partial charge on any atom is -0.394 e. The van der Waals surface area contributed by atoms with Gasteiger partial charge in [0.25, 0.3) is 0 Å². The van der Waals surface area contributed by atoms with Gasteiger partial charge in [-0.3, -0.25) is 18.6 Å². The fraction of sp³-hybridized carbons (Fsp3) is 0.971. The molecule has 61 nitrogen and oxygen atoms in total. The van der Waals surface area contributed by atoms with E-state index in [-0.39, 0.29) is 0 Å². The number of hydrogen-bond acceptors (Lipinski definition) is 58. The fourth-order valence-electron chi connectivity index (χ4n) is 16.5. The third-order valence-electron chi connectivity index (χ3n) is 24.0. The Hall–Kier alpha value is -3.07. The van der Waals surface area contributed by atoms with Gasteiger partial charge < -0.3 is 279 Å². The van der Waals surface area contributed by atoms with Gasteiger partial charge in [0.2, 0.25) is 11.8 Å². The Kier molecular flexibility index (Phi) is 39.1. The van der Waals surface area contributed by atoms with Crippen LogP contribution in [0.1, 0.15) is 13.8 Å². The van der Waals surface area contributed by atoms with Crippen molar-refractivity contribution < 1.29 is 291 Å². The van der Waals surface area contributed by atoms with Crippen LogP contribution in [-0.4, -0.2) is 596 Å². The maximum atomic E-state index is 13.2. The summed E-state index contributed by atoms with van der Waals surface area (Å²) in [4.78, 5) is 36.0. The van der Waals surface area contributed by atoms with Crippen molar-refractivity contribution in [2.24, 2.45) is 0 Å². The lowest BCUT2D eigenvalue weighted by Gasteiger charge is -2.51. The lowest BCUT2D eigenvalue weighted by molar-refractivity contribution is -0.411. The smallest absolute Gasteiger partial charge is 0.394 e. The Balaban J connectivity index is 0.912. The van der Waals surface area contributed by atoms with E-state index in [0.717, 1.165) is 13.8 Å². The quantitative estimate of drug-likeness (QED) is 0.0262. The highest BCUT2D eigenvalue weighted by molar-refractivity contribution is 7.47. The number of phosphoric ester groups is 1. The Bertz CT molecular complexity index is 3590. The molecular formula is C70H119N2O59P. The van der Waals surface area contributed by atoms with Crippen LogP contribution in [0.15, 0.2) is 0 Å². The number of rotatable bonds is 35. The molecule has 62 heteroatoms. The van der Waals surface area contributed by atoms with Gasteiger partial charge in [-0.1, -0.05) is 0 Å². The zero-order chi connectivity index (χ0) is 97.2. The van der Waals surface area contributed by atoms with Crippen LogP contribution in [0.2, 0.25) is 0 Å². The summed E-state index contributed by atoms with van der Waals surface area (Å²) in [6.07, 6.45) is -118. The first kappa shape index (κ1) is 109. The van der Waals surface area contributed by atoms with Crippen LogP contribution in [-0.2, 0) is 118 Å². The summed E-state index contributed by atoms with van der Waals surface area (Å²) in [5.74, 6) is -1.84. The molecule has 1 unspecified atom stereocenters. The molecule has 11 rings (SSSR count). The summed E-state index contributed by atoms with van der Waals surface area (Å²) in [5.41, 5.74) is 0. The van der Waals surface area contributed by atoms with Crippen molar-refractivity contribution in [2.75, 3.05) is 72.7 Å². The molecule has 56 atom stereocenters. The first-order valence-corrected chi connectivity index (χ1v) is 42.9. The average molecular weight is 1960 g/mol. The SMILES string of the molecule is CC(=O)N[C@@H]1[C@@H](O)[C@H](O[C@@H]2O[C@H](CO)[C@@H](O[C@@H]3O[C@H](CO[C@H]4O[C@H](CO[C@H]5O[C@H](COP(=O)(O)O[C@H]6O[C@H](CO)[C@@H](O)[C@H](O)[C@@H]6O)[C@@H](O)[C@H](O)[C@@H]5O)[C@@H](O)[C@H](O[C@H]5O[C@H](CO)[C@@H](O)[C@H](O)[C@@H]5O)[C@@H]4O)[C@@H](O)[C@H](O[C@H]4O[C@H](CO)[C@@H](O)[C@H](O)[C@@H]4O[C@H]4O[C@H](CO)[C@@H](O)[C@H](O)[C@@H]4O[C@H]4O[C@H](CO)[C@@H](O)[C@H](O[C@H]5O[C@H](CO)[C@@H](O)[C@H](O)[C@H]5O)[C@@H]4O)[C@@H]3O)[C@H](O)[C@H]2NC(C)=O)[C@@H](CO)O[C@H]1O. The molecule has 0 spiro atoms. The maximum absolute atomic E-state index is 13.2. The maximum Gasteiger partial charge on any atom is 0.474 e. The molecular weight excluding hydrogens is 1840 g/mol. The second-order valence-corrected chi connectivity index (χ2v) is 34.3. The molecule has 11 heterocycles. The van der Waals surface area contributed by atoms with E-state index < -0.39 is 430 Å². The normalized spacial score (nSPS) is 51.0. The predicted octanol–water partition coefficient (Wildman–Crippen LogP) is -24.6. The van der Waals surface area contributed by atoms with Crippen molar-refractivity contribution in [1.82, 2.24) is 10.6 Å². The summed E-state index contributed by atoms with van der Waals surface area (Å²) < 4.78 is 139. The molecule has 768 valence electrons. The van der Waals surface area contributed by atoms with Gasteiger partial charge in [0.05, 0.1) is 72.7 Å². The summed E-state index contributed by atoms with van der Waals surface area (Å²) in [7, 11) is -5.59. The number of nitrogens with one attached hydrogen (secondary N) is 2. The molecule has 0 aliphatic carbocycles. The van der Waals surface area contributed by atoms with E-state index in [1.165, 1.54) is 0 Å². The molecule has 132 heavy (non-hydrogen) atoms. The predicted molar refractivity (Wildman–Crippen MR) is 396 cm³/mol. The largest absolute Gasteiger partial charge is 0.474 e. The van der Waals surface area contributed by atoms with Crippen molar-refractivity contribution in [3.05, 3.63) is 0 Å². The van der Waals surface area contributed by atoms with Crippen LogP contribution in [0.5, 0.6) is 0 Å². The van der Waals surface area contributed by atoms with Crippen molar-refractivity contribution in [3.8, 4) is 0 Å². The number of amides is 2. The van der Waals surface area contributed by atoms with E-state index >= 15 is 0 Å². The molecule has 36 N–H and O–H groups in total. The van der Waals surface area contributed by atoms with Gasteiger partial charge in [-0.2, -0.15) is 0 Å². The molecule has 0 aromatic carbocycles. The molecule has 11 aliphatic heterocycles. The summed E-state index contributed by atoms with van der Waals surface area (Å²) in [6, 6.07) is -3.72. The number of ether oxygens (including phenoxy) is 20. The Morgan fingerprint density at radius 1 is 0.242 bits per heavy atom. The number of phosphoric acid groups is 1. The standard InChI is InChI=1S/C70H119N2O59P/c1-14(81)71-27-38(92)53(22(9-79)113-60(27)107)124-61-28(72-15(2)82)39(93)54(23(10-80)120-61)125-67-52(106)57(128-69-59(45(99)33(87)19(6-76)118-69)130-70-58(44(98)32(86)20(7-77)119-70)129-66-51(105)55(35(89)21(8-78)116-66)126-64-47(101)40(94)29(83)16(3-73)114-64)37(91)25(123-67)12-111-63-50(104)56(127-65-48(102)41(95)30(84)17(4-74)115-65)36(90)24(121-63)11-110-62-46(100)43(97)34(88)26(122-62)13-112-132(108,109)131-68-49(103)42(96)31(85)18(5-75)117-68/h16-70,73-80,83-107H,3-13H2,1-2H3,(H,71,81)(H,72,82)(H,108,109)/t16-,17-,18-,19-,20-,21-,22-,23-,24-,25-,26-,27-,28-,29-,30-,31-,32-,33-,34-,35-,36-,37-,38-,39-,40+,41+,42+,43+,44+,45+,46+,47-,48+,49+,50+,51+,52+,53-,54-,55+,56+,57+,58+,59+,60-,61+,62+,63+,64-,65-,66-,67+,68-,69-,70-/m1/s1. The Labute approximate surface area is 743 Å². The van der Waals surface area contributed by atoms with Crippen molar-refractivity contribution in [3.63, 3.8) is 0 Å². The number of aliphatic hydroxyl groups excluding tert-OH is 33. The summed E-state index contributed by atoms with van der Waals surface area (Å²) in [6.45, 7) is -11.2. The minimum atomic E-state index is -5.59. The monoisotopic (exact) mass is 1960 g/mol. The van der Waals surface area contributed by atoms with Gasteiger partial charge >= 0.3 is 7.82 Å². The van der Waals surface area contributed by atoms with E-state index in [9.17, 15) is 188 Å². The molecule has 0 radical (unpaired) electrons. The van der Waals surface area contributed by atoms with Crippen LogP contribution in [0.3, 0.4) is 0 Å². The van der Waals surface area contributed by atoms with Gasteiger partial charge in [0, 0.05) is 13.8 Å². The van der Waals surface area contributed by atoms with Crippen molar-refractivity contribution in [1.29, 1.82) is 0 Å². The lowest BCUT2D eigenvalue weighted by atomic mass is 9.94. The molecule has 11 aliphatic rings. The second-order valence-electron chi connectivity index (χ2n) is 32.9. The summed E-state index contributed by atoms with van der Waals surface area (Å²) >= 11 is 0. The van der Waals surface area contributed by atoms with E-state index in [2.05, 4.69) is 10.6 Å². The third-order valence-corrected chi connectivity index (χ3v) is 24.9. The number of carbonyl (C=O) groups is 2.